The Balaban J connectivity index is 0.00000169. The summed E-state index contributed by atoms with van der Waals surface area (Å²) in [4.78, 5) is 15.1. The van der Waals surface area contributed by atoms with Crippen molar-refractivity contribution in [2.75, 3.05) is 18.1 Å². The molecule has 0 spiro atoms. The minimum atomic E-state index is 0. The van der Waals surface area contributed by atoms with Crippen LogP contribution < -0.4 is 5.32 Å². The predicted molar refractivity (Wildman–Crippen MR) is 103 cm³/mol. The first-order valence-corrected chi connectivity index (χ1v) is 10.1. The summed E-state index contributed by atoms with van der Waals surface area (Å²) in [7, 11) is 0. The maximum absolute atomic E-state index is 13.0. The zero-order valence-electron chi connectivity index (χ0n) is 14.0. The van der Waals surface area contributed by atoms with E-state index < -0.39 is 0 Å². The summed E-state index contributed by atoms with van der Waals surface area (Å²) in [6.07, 6.45) is 5.76. The molecule has 3 unspecified atom stereocenters. The van der Waals surface area contributed by atoms with E-state index in [4.69, 9.17) is 0 Å². The quantitative estimate of drug-likeness (QED) is 0.886. The minimum absolute atomic E-state index is 0. The third kappa shape index (κ3) is 3.92. The molecule has 1 amide bonds. The van der Waals surface area contributed by atoms with Gasteiger partial charge in [-0.15, -0.1) is 12.4 Å². The molecule has 2 bridgehead atoms. The number of nitrogens with one attached hydrogen (secondary N) is 1. The largest absolute Gasteiger partial charge is 0.334 e. The second kappa shape index (κ2) is 8.11. The first kappa shape index (κ1) is 18.1. The molecule has 1 aromatic rings. The van der Waals surface area contributed by atoms with Crippen LogP contribution in [0.15, 0.2) is 30.3 Å². The molecule has 3 saturated heterocycles. The molecule has 3 fully saturated rings. The summed E-state index contributed by atoms with van der Waals surface area (Å²) < 4.78 is 0. The fourth-order valence-electron chi connectivity index (χ4n) is 4.56. The molecule has 0 aromatic heterocycles. The number of benzene rings is 1. The van der Waals surface area contributed by atoms with E-state index in [2.05, 4.69) is 40.5 Å². The SMILES string of the molecule is Cl.O=C(CC1CC2CCC(C1)N2)N1CCSCC1c1ccccc1. The molecule has 24 heavy (non-hydrogen) atoms. The van der Waals surface area contributed by atoms with Crippen molar-refractivity contribution in [2.45, 2.75) is 50.2 Å². The van der Waals surface area contributed by atoms with Gasteiger partial charge >= 0.3 is 0 Å². The Labute approximate surface area is 155 Å². The molecular formula is C19H27ClN2OS. The number of carbonyl (C=O) groups excluding carboxylic acids is 1. The Kier molecular flexibility index (Phi) is 6.12. The highest BCUT2D eigenvalue weighted by Crippen LogP contribution is 2.35. The summed E-state index contributed by atoms with van der Waals surface area (Å²) in [5, 5.41) is 3.68. The van der Waals surface area contributed by atoms with Gasteiger partial charge in [0.2, 0.25) is 5.91 Å². The third-order valence-electron chi connectivity index (χ3n) is 5.67. The molecule has 0 aliphatic carbocycles. The van der Waals surface area contributed by atoms with Crippen LogP contribution in [0.5, 0.6) is 0 Å². The van der Waals surface area contributed by atoms with Crippen molar-refractivity contribution in [3.05, 3.63) is 35.9 Å². The molecule has 3 aliphatic rings. The van der Waals surface area contributed by atoms with Crippen molar-refractivity contribution in [3.8, 4) is 0 Å². The van der Waals surface area contributed by atoms with Gasteiger partial charge in [-0.1, -0.05) is 30.3 Å². The van der Waals surface area contributed by atoms with Gasteiger partial charge < -0.3 is 10.2 Å². The highest BCUT2D eigenvalue weighted by atomic mass is 35.5. The monoisotopic (exact) mass is 366 g/mol. The van der Waals surface area contributed by atoms with Gasteiger partial charge in [-0.2, -0.15) is 11.8 Å². The van der Waals surface area contributed by atoms with E-state index in [1.165, 1.54) is 31.2 Å². The van der Waals surface area contributed by atoms with Crippen LogP contribution in [0, 0.1) is 5.92 Å². The summed E-state index contributed by atoms with van der Waals surface area (Å²) >= 11 is 1.97. The van der Waals surface area contributed by atoms with Crippen LogP contribution in [0.4, 0.5) is 0 Å². The number of carbonyl (C=O) groups is 1. The van der Waals surface area contributed by atoms with Crippen molar-refractivity contribution in [3.63, 3.8) is 0 Å². The Morgan fingerprint density at radius 3 is 2.58 bits per heavy atom. The Hall–Kier alpha value is -0.710. The van der Waals surface area contributed by atoms with Crippen LogP contribution in [-0.2, 0) is 4.79 Å². The molecule has 1 N–H and O–H groups in total. The van der Waals surface area contributed by atoms with Crippen LogP contribution in [0.25, 0.3) is 0 Å². The Bertz CT molecular complexity index is 544. The van der Waals surface area contributed by atoms with E-state index in [1.807, 2.05) is 11.8 Å². The molecule has 3 aliphatic heterocycles. The maximum atomic E-state index is 13.0. The van der Waals surface area contributed by atoms with Crippen molar-refractivity contribution >= 4 is 30.1 Å². The van der Waals surface area contributed by atoms with Crippen molar-refractivity contribution in [1.29, 1.82) is 0 Å². The summed E-state index contributed by atoms with van der Waals surface area (Å²) in [5.74, 6) is 3.08. The second-order valence-electron chi connectivity index (χ2n) is 7.27. The van der Waals surface area contributed by atoms with E-state index in [0.29, 0.717) is 23.9 Å². The first-order chi connectivity index (χ1) is 11.3. The Morgan fingerprint density at radius 1 is 1.17 bits per heavy atom. The van der Waals surface area contributed by atoms with Gasteiger partial charge in [0.1, 0.15) is 0 Å². The standard InChI is InChI=1S/C19H26N2OS.ClH/c22-19(12-14-10-16-6-7-17(11-14)20-16)21-8-9-23-13-18(21)15-4-2-1-3-5-15;/h1-5,14,16-18,20H,6-13H2;1H. The van der Waals surface area contributed by atoms with Gasteiger partial charge in [-0.25, -0.2) is 0 Å². The molecule has 3 nitrogen and oxygen atoms in total. The molecule has 5 heteroatoms. The van der Waals surface area contributed by atoms with Crippen LogP contribution in [0.3, 0.4) is 0 Å². The number of hydrogen-bond acceptors (Lipinski definition) is 3. The van der Waals surface area contributed by atoms with Gasteiger partial charge in [-0.3, -0.25) is 4.79 Å². The molecule has 132 valence electrons. The van der Waals surface area contributed by atoms with Crippen LogP contribution >= 0.6 is 24.2 Å². The summed E-state index contributed by atoms with van der Waals surface area (Å²) in [5.41, 5.74) is 1.29. The number of amides is 1. The third-order valence-corrected chi connectivity index (χ3v) is 6.69. The normalized spacial score (nSPS) is 32.2. The van der Waals surface area contributed by atoms with E-state index in [9.17, 15) is 4.79 Å². The van der Waals surface area contributed by atoms with Gasteiger partial charge in [-0.05, 0) is 37.2 Å². The number of piperidine rings is 1. The van der Waals surface area contributed by atoms with E-state index in [0.717, 1.165) is 24.5 Å². The van der Waals surface area contributed by atoms with E-state index in [-0.39, 0.29) is 18.4 Å². The average molecular weight is 367 g/mol. The maximum Gasteiger partial charge on any atom is 0.223 e. The number of nitrogens with zero attached hydrogens (tertiary/aromatic N) is 1. The lowest BCUT2D eigenvalue weighted by Gasteiger charge is -2.37. The molecular weight excluding hydrogens is 340 g/mol. The van der Waals surface area contributed by atoms with Gasteiger partial charge in [0.05, 0.1) is 6.04 Å². The molecule has 0 saturated carbocycles. The molecule has 1 aromatic carbocycles. The fourth-order valence-corrected chi connectivity index (χ4v) is 5.65. The van der Waals surface area contributed by atoms with Crippen LogP contribution in [0.1, 0.15) is 43.7 Å². The zero-order valence-corrected chi connectivity index (χ0v) is 15.7. The van der Waals surface area contributed by atoms with Gasteiger partial charge in [0.15, 0.2) is 0 Å². The lowest BCUT2D eigenvalue weighted by molar-refractivity contribution is -0.134. The summed E-state index contributed by atoms with van der Waals surface area (Å²) in [6, 6.07) is 12.2. The first-order valence-electron chi connectivity index (χ1n) is 8.98. The molecule has 0 radical (unpaired) electrons. The second-order valence-corrected chi connectivity index (χ2v) is 8.42. The van der Waals surface area contributed by atoms with Gasteiger partial charge in [0.25, 0.3) is 0 Å². The van der Waals surface area contributed by atoms with Crippen molar-refractivity contribution in [2.24, 2.45) is 5.92 Å². The number of hydrogen-bond donors (Lipinski definition) is 1. The molecule has 4 rings (SSSR count). The number of rotatable bonds is 3. The lowest BCUT2D eigenvalue weighted by atomic mass is 9.89. The predicted octanol–water partition coefficient (Wildman–Crippen LogP) is 3.65. The highest BCUT2D eigenvalue weighted by Gasteiger charge is 2.36. The van der Waals surface area contributed by atoms with Crippen molar-refractivity contribution < 1.29 is 4.79 Å². The number of halogens is 1. The number of thioether (sulfide) groups is 1. The van der Waals surface area contributed by atoms with E-state index >= 15 is 0 Å². The van der Waals surface area contributed by atoms with Crippen molar-refractivity contribution in [1.82, 2.24) is 10.2 Å². The topological polar surface area (TPSA) is 32.3 Å². The molecule has 3 atom stereocenters. The van der Waals surface area contributed by atoms with E-state index in [1.54, 1.807) is 0 Å². The zero-order chi connectivity index (χ0) is 15.6. The fraction of sp³-hybridized carbons (Fsp3) is 0.632. The van der Waals surface area contributed by atoms with Gasteiger partial charge in [0, 0.05) is 36.6 Å². The highest BCUT2D eigenvalue weighted by molar-refractivity contribution is 7.99. The van der Waals surface area contributed by atoms with Crippen LogP contribution in [0.2, 0.25) is 0 Å². The lowest BCUT2D eigenvalue weighted by Crippen LogP contribution is -2.43. The average Bonchev–Trinajstić information content (AvgIpc) is 2.94. The smallest absolute Gasteiger partial charge is 0.223 e. The number of fused-ring (bicyclic) bond motifs is 2. The Morgan fingerprint density at radius 2 is 1.88 bits per heavy atom. The molecule has 3 heterocycles. The minimum Gasteiger partial charge on any atom is -0.334 e. The van der Waals surface area contributed by atoms with Crippen LogP contribution in [-0.4, -0.2) is 40.9 Å². The summed E-state index contributed by atoms with van der Waals surface area (Å²) in [6.45, 7) is 0.904.